The Morgan fingerprint density at radius 2 is 1.70 bits per heavy atom. The molecule has 2 N–H and O–H groups in total. The fourth-order valence-electron chi connectivity index (χ4n) is 5.32. The van der Waals surface area contributed by atoms with E-state index in [4.69, 9.17) is 10.1 Å². The molecule has 0 bridgehead atoms. The van der Waals surface area contributed by atoms with Crippen LogP contribution in [0.25, 0.3) is 22.8 Å². The van der Waals surface area contributed by atoms with Crippen molar-refractivity contribution < 1.29 is 14.4 Å². The summed E-state index contributed by atoms with van der Waals surface area (Å²) >= 11 is 1.62. The second-order valence-corrected chi connectivity index (χ2v) is 12.6. The Hall–Kier alpha value is -4.59. The van der Waals surface area contributed by atoms with Gasteiger partial charge in [-0.15, -0.1) is 10.2 Å². The lowest BCUT2D eigenvalue weighted by Gasteiger charge is -2.28. The maximum atomic E-state index is 13.9. The summed E-state index contributed by atoms with van der Waals surface area (Å²) < 4.78 is 1.80. The number of benzene rings is 2. The average Bonchev–Trinajstić information content (AvgIpc) is 3.69. The first kappa shape index (κ1) is 32.8. The Morgan fingerprint density at radius 1 is 0.957 bits per heavy atom. The van der Waals surface area contributed by atoms with E-state index in [1.807, 2.05) is 50.4 Å². The van der Waals surface area contributed by atoms with E-state index in [0.29, 0.717) is 61.3 Å². The summed E-state index contributed by atoms with van der Waals surface area (Å²) in [5.41, 5.74) is 2.11. The minimum atomic E-state index is -0.686. The minimum absolute atomic E-state index is 0.0274. The van der Waals surface area contributed by atoms with Crippen LogP contribution in [0.3, 0.4) is 0 Å². The molecule has 0 aliphatic carbocycles. The zero-order valence-electron chi connectivity index (χ0n) is 26.6. The van der Waals surface area contributed by atoms with E-state index < -0.39 is 12.1 Å². The molecule has 3 heterocycles. The molecule has 0 radical (unpaired) electrons. The van der Waals surface area contributed by atoms with Crippen molar-refractivity contribution in [2.75, 3.05) is 25.1 Å². The first-order chi connectivity index (χ1) is 22.2. The number of thioether (sulfide) groups is 1. The molecule has 1 aliphatic heterocycles. The Bertz CT molecular complexity index is 1640. The van der Waals surface area contributed by atoms with Gasteiger partial charge in [0.15, 0.2) is 11.6 Å². The summed E-state index contributed by atoms with van der Waals surface area (Å²) in [6.07, 6.45) is 3.09. The molecule has 5 rings (SSSR count). The molecule has 2 atom stereocenters. The molecule has 14 heteroatoms. The third-order valence-corrected chi connectivity index (χ3v) is 8.48. The molecule has 0 saturated heterocycles. The lowest BCUT2D eigenvalue weighted by molar-refractivity contribution is -0.129. The normalized spacial score (nSPS) is 18.1. The molecule has 1 aliphatic rings. The van der Waals surface area contributed by atoms with Gasteiger partial charge >= 0.3 is 0 Å². The number of hydrogen-bond donors (Lipinski definition) is 2. The summed E-state index contributed by atoms with van der Waals surface area (Å²) in [5.74, 6) is 1.67. The summed E-state index contributed by atoms with van der Waals surface area (Å²) in [4.78, 5) is 48.5. The molecular weight excluding hydrogens is 604 g/mol. The number of aromatic nitrogens is 7. The zero-order valence-corrected chi connectivity index (χ0v) is 27.4. The van der Waals surface area contributed by atoms with Crippen LogP contribution in [0, 0.1) is 5.92 Å². The zero-order chi connectivity index (χ0) is 32.6. The van der Waals surface area contributed by atoms with Gasteiger partial charge in [0.05, 0.1) is 19.6 Å². The Labute approximate surface area is 272 Å². The highest BCUT2D eigenvalue weighted by Crippen LogP contribution is 2.25. The van der Waals surface area contributed by atoms with Gasteiger partial charge in [-0.3, -0.25) is 14.4 Å². The van der Waals surface area contributed by atoms with Crippen molar-refractivity contribution >= 4 is 29.5 Å². The van der Waals surface area contributed by atoms with Crippen LogP contribution in [-0.4, -0.2) is 88.7 Å². The van der Waals surface area contributed by atoms with E-state index in [1.54, 1.807) is 52.7 Å². The highest BCUT2D eigenvalue weighted by Gasteiger charge is 2.30. The quantitative estimate of drug-likeness (QED) is 0.309. The van der Waals surface area contributed by atoms with Gasteiger partial charge in [-0.25, -0.2) is 9.67 Å². The predicted octanol–water partition coefficient (Wildman–Crippen LogP) is 3.12. The molecule has 46 heavy (non-hydrogen) atoms. The van der Waals surface area contributed by atoms with Crippen molar-refractivity contribution in [1.29, 1.82) is 0 Å². The van der Waals surface area contributed by atoms with Gasteiger partial charge in [0, 0.05) is 36.2 Å². The van der Waals surface area contributed by atoms with Crippen LogP contribution in [0.2, 0.25) is 0 Å². The van der Waals surface area contributed by atoms with Crippen molar-refractivity contribution in [3.63, 3.8) is 0 Å². The number of carbonyl (C=O) groups is 3. The second-order valence-electron chi connectivity index (χ2n) is 11.6. The third-order valence-electron chi connectivity index (χ3n) is 7.84. The molecule has 3 amide bonds. The number of aryl methyl sites for hydroxylation is 1. The maximum Gasteiger partial charge on any atom is 0.253 e. The number of hydrogen-bond acceptors (Lipinski definition) is 9. The van der Waals surface area contributed by atoms with Gasteiger partial charge in [-0.05, 0) is 48.1 Å². The predicted molar refractivity (Wildman–Crippen MR) is 175 cm³/mol. The van der Waals surface area contributed by atoms with E-state index in [9.17, 15) is 14.4 Å². The van der Waals surface area contributed by atoms with Crippen LogP contribution in [-0.2, 0) is 23.2 Å². The number of tetrazole rings is 1. The first-order valence-electron chi connectivity index (χ1n) is 15.5. The van der Waals surface area contributed by atoms with Crippen LogP contribution in [0.4, 0.5) is 0 Å². The van der Waals surface area contributed by atoms with Crippen molar-refractivity contribution in [3.05, 3.63) is 66.0 Å². The van der Waals surface area contributed by atoms with E-state index >= 15 is 0 Å². The van der Waals surface area contributed by atoms with E-state index in [1.165, 1.54) is 4.80 Å². The standard InChI is InChI=1S/C32H40N10O3S/c1-21(2)27-30-35-28(22-9-6-5-7-10-22)38-42(30)19-18-41(17-8-11-26(43)33-25(16-20-46-4)31(44)34-27)32(45)24-14-12-23(13-15-24)29-36-39-40(3)37-29/h5-7,9-10,12-15,21,25,27H,8,11,16-20H2,1-4H3,(H,33,43)(H,34,44)/t25-,27+/m0/s1. The topological polar surface area (TPSA) is 153 Å². The summed E-state index contributed by atoms with van der Waals surface area (Å²) in [6.45, 7) is 5.06. The SMILES string of the molecule is CSCC[C@@H]1NC(=O)CCCN(C(=O)c2ccc(-c3nnn(C)n3)cc2)CCn2nc(-c3ccccc3)nc2[C@@H](C(C)C)NC1=O. The summed E-state index contributed by atoms with van der Waals surface area (Å²) in [7, 11) is 1.69. The molecule has 2 aromatic heterocycles. The van der Waals surface area contributed by atoms with Gasteiger partial charge in [-0.2, -0.15) is 21.7 Å². The smallest absolute Gasteiger partial charge is 0.253 e. The fraction of sp³-hybridized carbons (Fsp3) is 0.438. The number of amides is 3. The van der Waals surface area contributed by atoms with Crippen LogP contribution in [0.5, 0.6) is 0 Å². The molecule has 2 aromatic carbocycles. The molecule has 13 nitrogen and oxygen atoms in total. The van der Waals surface area contributed by atoms with Crippen molar-refractivity contribution in [2.45, 2.75) is 51.7 Å². The molecule has 4 aromatic rings. The monoisotopic (exact) mass is 644 g/mol. The summed E-state index contributed by atoms with van der Waals surface area (Å²) in [5, 5.41) is 23.1. The van der Waals surface area contributed by atoms with Crippen LogP contribution >= 0.6 is 11.8 Å². The number of nitrogens with one attached hydrogen (secondary N) is 2. The van der Waals surface area contributed by atoms with E-state index in [2.05, 4.69) is 26.0 Å². The molecule has 0 spiro atoms. The molecule has 0 unspecified atom stereocenters. The maximum absolute atomic E-state index is 13.9. The van der Waals surface area contributed by atoms with Gasteiger partial charge in [0.25, 0.3) is 5.91 Å². The van der Waals surface area contributed by atoms with Crippen LogP contribution < -0.4 is 10.6 Å². The Kier molecular flexibility index (Phi) is 10.8. The van der Waals surface area contributed by atoms with E-state index in [-0.39, 0.29) is 30.1 Å². The van der Waals surface area contributed by atoms with Crippen LogP contribution in [0.15, 0.2) is 54.6 Å². The van der Waals surface area contributed by atoms with Gasteiger partial charge in [0.1, 0.15) is 6.04 Å². The van der Waals surface area contributed by atoms with Crippen molar-refractivity contribution in [1.82, 2.24) is 50.5 Å². The number of fused-ring (bicyclic) bond motifs is 1. The fourth-order valence-corrected chi connectivity index (χ4v) is 5.79. The lowest BCUT2D eigenvalue weighted by Crippen LogP contribution is -2.49. The lowest BCUT2D eigenvalue weighted by atomic mass is 10.0. The number of rotatable bonds is 7. The third kappa shape index (κ3) is 7.97. The molecule has 242 valence electrons. The molecule has 0 fully saturated rings. The van der Waals surface area contributed by atoms with Crippen molar-refractivity contribution in [3.8, 4) is 22.8 Å². The highest BCUT2D eigenvalue weighted by atomic mass is 32.2. The highest BCUT2D eigenvalue weighted by molar-refractivity contribution is 7.98. The molecule has 0 saturated carbocycles. The molecular formula is C32H40N10O3S. The number of nitrogens with zero attached hydrogens (tertiary/aromatic N) is 8. The Balaban J connectivity index is 1.48. The van der Waals surface area contributed by atoms with Gasteiger partial charge in [0.2, 0.25) is 17.6 Å². The van der Waals surface area contributed by atoms with Crippen LogP contribution in [0.1, 0.15) is 55.3 Å². The largest absolute Gasteiger partial charge is 0.344 e. The Morgan fingerprint density at radius 3 is 2.37 bits per heavy atom. The van der Waals surface area contributed by atoms with Crippen molar-refractivity contribution in [2.24, 2.45) is 13.0 Å². The number of carbonyl (C=O) groups excluding carboxylic acids is 3. The summed E-state index contributed by atoms with van der Waals surface area (Å²) in [6, 6.07) is 15.6. The average molecular weight is 645 g/mol. The van der Waals surface area contributed by atoms with E-state index in [0.717, 1.165) is 11.1 Å². The first-order valence-corrected chi connectivity index (χ1v) is 16.9. The minimum Gasteiger partial charge on any atom is -0.344 e. The van der Waals surface area contributed by atoms with Gasteiger partial charge < -0.3 is 15.5 Å². The van der Waals surface area contributed by atoms with Gasteiger partial charge in [-0.1, -0.05) is 56.3 Å². The second kappa shape index (κ2) is 15.1.